The van der Waals surface area contributed by atoms with Crippen LogP contribution >= 0.6 is 0 Å². The second-order valence-corrected chi connectivity index (χ2v) is 3.67. The molecule has 110 valence electrons. The van der Waals surface area contributed by atoms with Crippen LogP contribution in [0.25, 0.3) is 6.08 Å². The minimum atomic E-state index is -1.06. The summed E-state index contributed by atoms with van der Waals surface area (Å²) in [6, 6.07) is 4.72. The highest BCUT2D eigenvalue weighted by Crippen LogP contribution is 2.18. The zero-order chi connectivity index (χ0) is 15.8. The Labute approximate surface area is 118 Å². The lowest BCUT2D eigenvalue weighted by Crippen LogP contribution is -2.37. The average molecular weight is 293 g/mol. The van der Waals surface area contributed by atoms with Crippen molar-refractivity contribution >= 4 is 29.7 Å². The molecule has 0 unspecified atom stereocenters. The standard InChI is InChI=1S/C12H11N3O6/c13-12(18)14-10(16)7-21-11(17)6-5-8-3-1-2-4-9(8)15(19)20/h1-6H,7H2,(H3,13,14,16,18)/b6-5+. The number of carbonyl (C=O) groups is 3. The summed E-state index contributed by atoms with van der Waals surface area (Å²) >= 11 is 0. The molecule has 1 aromatic rings. The van der Waals surface area contributed by atoms with E-state index in [4.69, 9.17) is 5.73 Å². The second kappa shape index (κ2) is 7.38. The van der Waals surface area contributed by atoms with Gasteiger partial charge in [0.25, 0.3) is 11.6 Å². The fourth-order valence-corrected chi connectivity index (χ4v) is 1.31. The van der Waals surface area contributed by atoms with Crippen molar-refractivity contribution < 1.29 is 24.0 Å². The molecule has 9 heteroatoms. The molecule has 1 rings (SSSR count). The number of nitrogens with zero attached hydrogens (tertiary/aromatic N) is 1. The molecule has 0 aliphatic carbocycles. The van der Waals surface area contributed by atoms with Gasteiger partial charge in [0, 0.05) is 12.1 Å². The molecule has 0 saturated heterocycles. The molecule has 3 N–H and O–H groups in total. The lowest BCUT2D eigenvalue weighted by Gasteiger charge is -2.01. The van der Waals surface area contributed by atoms with Crippen molar-refractivity contribution in [3.63, 3.8) is 0 Å². The van der Waals surface area contributed by atoms with E-state index in [1.807, 2.05) is 0 Å². The summed E-state index contributed by atoms with van der Waals surface area (Å²) in [5, 5.41) is 12.4. The van der Waals surface area contributed by atoms with E-state index < -0.39 is 29.4 Å². The molecule has 9 nitrogen and oxygen atoms in total. The molecule has 0 radical (unpaired) electrons. The van der Waals surface area contributed by atoms with Gasteiger partial charge in [0.15, 0.2) is 6.61 Å². The summed E-state index contributed by atoms with van der Waals surface area (Å²) in [5.41, 5.74) is 4.73. The number of nitrogens with one attached hydrogen (secondary N) is 1. The van der Waals surface area contributed by atoms with E-state index in [-0.39, 0.29) is 11.3 Å². The first-order chi connectivity index (χ1) is 9.90. The third-order valence-electron chi connectivity index (χ3n) is 2.14. The maximum atomic E-state index is 11.3. The Morgan fingerprint density at radius 3 is 2.62 bits per heavy atom. The molecular formula is C12H11N3O6. The Bertz CT molecular complexity index is 611. The number of rotatable bonds is 5. The quantitative estimate of drug-likeness (QED) is 0.347. The molecule has 0 aromatic heterocycles. The SMILES string of the molecule is NC(=O)NC(=O)COC(=O)/C=C/c1ccccc1[N+](=O)[O-]. The van der Waals surface area contributed by atoms with Gasteiger partial charge in [0.1, 0.15) is 0 Å². The molecule has 21 heavy (non-hydrogen) atoms. The highest BCUT2D eigenvalue weighted by Gasteiger charge is 2.10. The van der Waals surface area contributed by atoms with E-state index in [2.05, 4.69) is 4.74 Å². The number of amides is 3. The van der Waals surface area contributed by atoms with Crippen LogP contribution < -0.4 is 11.1 Å². The molecule has 0 atom stereocenters. The topological polar surface area (TPSA) is 142 Å². The number of esters is 1. The third kappa shape index (κ3) is 5.51. The Morgan fingerprint density at radius 2 is 2.00 bits per heavy atom. The average Bonchev–Trinajstić information content (AvgIpc) is 2.42. The summed E-state index contributed by atoms with van der Waals surface area (Å²) < 4.78 is 4.51. The number of nitrogens with two attached hydrogens (primary N) is 1. The number of hydrogen-bond acceptors (Lipinski definition) is 6. The molecule has 0 aliphatic heterocycles. The lowest BCUT2D eigenvalue weighted by atomic mass is 10.1. The van der Waals surface area contributed by atoms with Gasteiger partial charge in [-0.15, -0.1) is 0 Å². The molecule has 3 amide bonds. The lowest BCUT2D eigenvalue weighted by molar-refractivity contribution is -0.385. The normalized spacial score (nSPS) is 10.1. The van der Waals surface area contributed by atoms with Crippen LogP contribution in [0.2, 0.25) is 0 Å². The van der Waals surface area contributed by atoms with Crippen molar-refractivity contribution in [3.05, 3.63) is 46.0 Å². The van der Waals surface area contributed by atoms with Gasteiger partial charge >= 0.3 is 12.0 Å². The Balaban J connectivity index is 2.61. The van der Waals surface area contributed by atoms with Crippen molar-refractivity contribution in [2.24, 2.45) is 5.73 Å². The number of para-hydroxylation sites is 1. The van der Waals surface area contributed by atoms with E-state index in [0.717, 1.165) is 6.08 Å². The van der Waals surface area contributed by atoms with E-state index in [1.165, 1.54) is 24.3 Å². The van der Waals surface area contributed by atoms with Crippen molar-refractivity contribution in [1.29, 1.82) is 0 Å². The van der Waals surface area contributed by atoms with Gasteiger partial charge in [0.05, 0.1) is 10.5 Å². The first-order valence-corrected chi connectivity index (χ1v) is 5.57. The summed E-state index contributed by atoms with van der Waals surface area (Å²) in [5.74, 6) is -1.78. The summed E-state index contributed by atoms with van der Waals surface area (Å²) in [4.78, 5) is 42.8. The number of benzene rings is 1. The van der Waals surface area contributed by atoms with E-state index in [9.17, 15) is 24.5 Å². The molecule has 0 heterocycles. The van der Waals surface area contributed by atoms with E-state index in [0.29, 0.717) is 0 Å². The van der Waals surface area contributed by atoms with Gasteiger partial charge in [-0.1, -0.05) is 12.1 Å². The summed E-state index contributed by atoms with van der Waals surface area (Å²) in [6.07, 6.45) is 2.12. The maximum Gasteiger partial charge on any atom is 0.331 e. The Morgan fingerprint density at radius 1 is 1.33 bits per heavy atom. The molecule has 0 bridgehead atoms. The number of primary amides is 1. The van der Waals surface area contributed by atoms with Crippen molar-refractivity contribution in [1.82, 2.24) is 5.32 Å². The maximum absolute atomic E-state index is 11.3. The summed E-state index contributed by atoms with van der Waals surface area (Å²) in [7, 11) is 0. The molecule has 1 aromatic carbocycles. The van der Waals surface area contributed by atoms with Gasteiger partial charge < -0.3 is 10.5 Å². The predicted molar refractivity (Wildman–Crippen MR) is 70.8 cm³/mol. The Kier molecular flexibility index (Phi) is 5.56. The zero-order valence-corrected chi connectivity index (χ0v) is 10.6. The van der Waals surface area contributed by atoms with Gasteiger partial charge in [-0.3, -0.25) is 20.2 Å². The number of nitro benzene ring substituents is 1. The van der Waals surface area contributed by atoms with Crippen LogP contribution in [-0.2, 0) is 14.3 Å². The fourth-order valence-electron chi connectivity index (χ4n) is 1.31. The number of urea groups is 1. The first kappa shape index (κ1) is 15.8. The van der Waals surface area contributed by atoms with Gasteiger partial charge in [0.2, 0.25) is 0 Å². The molecule has 0 saturated carbocycles. The minimum absolute atomic E-state index is 0.173. The van der Waals surface area contributed by atoms with Crippen LogP contribution in [0.4, 0.5) is 10.5 Å². The van der Waals surface area contributed by atoms with Crippen LogP contribution in [0.3, 0.4) is 0 Å². The van der Waals surface area contributed by atoms with Crippen LogP contribution in [0.15, 0.2) is 30.3 Å². The third-order valence-corrected chi connectivity index (χ3v) is 2.14. The van der Waals surface area contributed by atoms with Gasteiger partial charge in [-0.2, -0.15) is 0 Å². The van der Waals surface area contributed by atoms with Crippen LogP contribution in [0.1, 0.15) is 5.56 Å². The van der Waals surface area contributed by atoms with Crippen LogP contribution in [-0.4, -0.2) is 29.4 Å². The smallest absolute Gasteiger partial charge is 0.331 e. The number of imide groups is 1. The van der Waals surface area contributed by atoms with Gasteiger partial charge in [-0.25, -0.2) is 9.59 Å². The van der Waals surface area contributed by atoms with Gasteiger partial charge in [-0.05, 0) is 12.1 Å². The van der Waals surface area contributed by atoms with Crippen LogP contribution in [0.5, 0.6) is 0 Å². The zero-order valence-electron chi connectivity index (χ0n) is 10.6. The monoisotopic (exact) mass is 293 g/mol. The van der Waals surface area contributed by atoms with Crippen molar-refractivity contribution in [2.45, 2.75) is 0 Å². The van der Waals surface area contributed by atoms with Crippen molar-refractivity contribution in [3.8, 4) is 0 Å². The molecule has 0 fully saturated rings. The van der Waals surface area contributed by atoms with Crippen LogP contribution in [0, 0.1) is 10.1 Å². The molecule has 0 spiro atoms. The number of carbonyl (C=O) groups excluding carboxylic acids is 3. The second-order valence-electron chi connectivity index (χ2n) is 3.67. The molecular weight excluding hydrogens is 282 g/mol. The first-order valence-electron chi connectivity index (χ1n) is 5.57. The Hall–Kier alpha value is -3.23. The number of ether oxygens (including phenoxy) is 1. The minimum Gasteiger partial charge on any atom is -0.452 e. The molecule has 0 aliphatic rings. The number of nitro groups is 1. The highest BCUT2D eigenvalue weighted by atomic mass is 16.6. The summed E-state index contributed by atoms with van der Waals surface area (Å²) in [6.45, 7) is -0.691. The fraction of sp³-hybridized carbons (Fsp3) is 0.0833. The largest absolute Gasteiger partial charge is 0.452 e. The number of hydrogen-bond donors (Lipinski definition) is 2. The van der Waals surface area contributed by atoms with Crippen molar-refractivity contribution in [2.75, 3.05) is 6.61 Å². The van der Waals surface area contributed by atoms with E-state index >= 15 is 0 Å². The van der Waals surface area contributed by atoms with E-state index in [1.54, 1.807) is 11.4 Å². The highest BCUT2D eigenvalue weighted by molar-refractivity contribution is 5.96. The predicted octanol–water partition coefficient (Wildman–Crippen LogP) is 0.346.